The SMILES string of the molecule is C=C(Br)CN(C)Cc1nc([C@H](C)OC)no1. The molecule has 1 aromatic rings. The second-order valence-electron chi connectivity index (χ2n) is 3.61. The van der Waals surface area contributed by atoms with Gasteiger partial charge in [0, 0.05) is 18.1 Å². The Morgan fingerprint density at radius 1 is 1.69 bits per heavy atom. The van der Waals surface area contributed by atoms with Gasteiger partial charge in [-0.05, 0) is 14.0 Å². The monoisotopic (exact) mass is 289 g/mol. The number of methoxy groups -OCH3 is 1. The molecule has 0 saturated heterocycles. The lowest BCUT2D eigenvalue weighted by Crippen LogP contribution is -2.19. The lowest BCUT2D eigenvalue weighted by molar-refractivity contribution is 0.109. The Balaban J connectivity index is 2.54. The highest BCUT2D eigenvalue weighted by atomic mass is 79.9. The van der Waals surface area contributed by atoms with E-state index in [2.05, 4.69) is 32.6 Å². The maximum Gasteiger partial charge on any atom is 0.240 e. The molecule has 0 aliphatic carbocycles. The summed E-state index contributed by atoms with van der Waals surface area (Å²) in [5.41, 5.74) is 0. The predicted octanol–water partition coefficient (Wildman–Crippen LogP) is 2.12. The molecule has 0 bridgehead atoms. The molecule has 0 amide bonds. The summed E-state index contributed by atoms with van der Waals surface area (Å²) in [6, 6.07) is 0. The third kappa shape index (κ3) is 4.03. The van der Waals surface area contributed by atoms with E-state index in [0.717, 1.165) is 11.0 Å². The molecule has 1 aromatic heterocycles. The van der Waals surface area contributed by atoms with Crippen LogP contribution >= 0.6 is 15.9 Å². The Morgan fingerprint density at radius 2 is 2.38 bits per heavy atom. The van der Waals surface area contributed by atoms with Crippen molar-refractivity contribution in [3.05, 3.63) is 22.8 Å². The van der Waals surface area contributed by atoms with Crippen LogP contribution in [0.3, 0.4) is 0 Å². The minimum Gasteiger partial charge on any atom is -0.374 e. The topological polar surface area (TPSA) is 51.4 Å². The van der Waals surface area contributed by atoms with Crippen molar-refractivity contribution in [3.63, 3.8) is 0 Å². The van der Waals surface area contributed by atoms with Gasteiger partial charge >= 0.3 is 0 Å². The third-order valence-electron chi connectivity index (χ3n) is 2.05. The maximum atomic E-state index is 5.11. The van der Waals surface area contributed by atoms with Crippen LogP contribution in [0.5, 0.6) is 0 Å². The van der Waals surface area contributed by atoms with Gasteiger partial charge in [-0.3, -0.25) is 4.90 Å². The van der Waals surface area contributed by atoms with E-state index in [1.165, 1.54) is 0 Å². The molecule has 90 valence electrons. The zero-order valence-corrected chi connectivity index (χ0v) is 11.3. The van der Waals surface area contributed by atoms with E-state index < -0.39 is 0 Å². The molecule has 0 aliphatic rings. The van der Waals surface area contributed by atoms with Gasteiger partial charge in [-0.1, -0.05) is 27.7 Å². The molecule has 0 aliphatic heterocycles. The highest BCUT2D eigenvalue weighted by molar-refractivity contribution is 9.11. The molecule has 5 nitrogen and oxygen atoms in total. The van der Waals surface area contributed by atoms with Crippen molar-refractivity contribution in [2.45, 2.75) is 19.6 Å². The molecule has 16 heavy (non-hydrogen) atoms. The van der Waals surface area contributed by atoms with E-state index in [1.807, 2.05) is 18.9 Å². The fourth-order valence-corrected chi connectivity index (χ4v) is 1.61. The molecule has 0 N–H and O–H groups in total. The first-order chi connectivity index (χ1) is 7.52. The summed E-state index contributed by atoms with van der Waals surface area (Å²) >= 11 is 3.31. The van der Waals surface area contributed by atoms with Gasteiger partial charge in [0.05, 0.1) is 6.54 Å². The number of halogens is 1. The van der Waals surface area contributed by atoms with Crippen molar-refractivity contribution in [1.82, 2.24) is 15.0 Å². The van der Waals surface area contributed by atoms with Gasteiger partial charge in [0.15, 0.2) is 5.82 Å². The lowest BCUT2D eigenvalue weighted by atomic mass is 10.4. The van der Waals surface area contributed by atoms with Crippen molar-refractivity contribution in [3.8, 4) is 0 Å². The van der Waals surface area contributed by atoms with Crippen molar-refractivity contribution in [2.75, 3.05) is 20.7 Å². The summed E-state index contributed by atoms with van der Waals surface area (Å²) in [4.78, 5) is 6.26. The zero-order valence-electron chi connectivity index (χ0n) is 9.73. The minimum absolute atomic E-state index is 0.144. The zero-order chi connectivity index (χ0) is 12.1. The summed E-state index contributed by atoms with van der Waals surface area (Å²) in [7, 11) is 3.57. The number of likely N-dealkylation sites (N-methyl/N-ethyl adjacent to an activating group) is 1. The quantitative estimate of drug-likeness (QED) is 0.803. The highest BCUT2D eigenvalue weighted by Gasteiger charge is 2.13. The van der Waals surface area contributed by atoms with Crippen LogP contribution in [0.2, 0.25) is 0 Å². The number of hydrogen-bond donors (Lipinski definition) is 0. The number of ether oxygens (including phenoxy) is 1. The molecule has 1 rings (SSSR count). The highest BCUT2D eigenvalue weighted by Crippen LogP contribution is 2.12. The second-order valence-corrected chi connectivity index (χ2v) is 4.74. The Hall–Kier alpha value is -0.720. The first kappa shape index (κ1) is 13.3. The van der Waals surface area contributed by atoms with Crippen molar-refractivity contribution < 1.29 is 9.26 Å². The molecule has 1 atom stereocenters. The standard InChI is InChI=1S/C10H16BrN3O2/c1-7(11)5-14(3)6-9-12-10(13-16-9)8(2)15-4/h8H,1,5-6H2,2-4H3/t8-/m0/s1. The van der Waals surface area contributed by atoms with Crippen LogP contribution in [0.15, 0.2) is 15.6 Å². The van der Waals surface area contributed by atoms with E-state index in [9.17, 15) is 0 Å². The molecule has 0 radical (unpaired) electrons. The molecular weight excluding hydrogens is 274 g/mol. The summed E-state index contributed by atoms with van der Waals surface area (Å²) in [6.45, 7) is 6.97. The van der Waals surface area contributed by atoms with E-state index in [0.29, 0.717) is 18.3 Å². The van der Waals surface area contributed by atoms with Crippen LogP contribution < -0.4 is 0 Å². The summed E-state index contributed by atoms with van der Waals surface area (Å²) in [5.74, 6) is 1.15. The van der Waals surface area contributed by atoms with Crippen LogP contribution in [0.25, 0.3) is 0 Å². The first-order valence-electron chi connectivity index (χ1n) is 4.90. The van der Waals surface area contributed by atoms with Gasteiger partial charge in [0.1, 0.15) is 6.10 Å². The number of aromatic nitrogens is 2. The van der Waals surface area contributed by atoms with Crippen LogP contribution in [-0.2, 0) is 11.3 Å². The molecule has 0 fully saturated rings. The van der Waals surface area contributed by atoms with Crippen LogP contribution in [0.4, 0.5) is 0 Å². The molecule has 6 heteroatoms. The van der Waals surface area contributed by atoms with Crippen molar-refractivity contribution in [1.29, 1.82) is 0 Å². The molecule has 0 aromatic carbocycles. The normalized spacial score (nSPS) is 13.1. The second kappa shape index (κ2) is 6.12. The largest absolute Gasteiger partial charge is 0.374 e. The van der Waals surface area contributed by atoms with E-state index in [4.69, 9.17) is 9.26 Å². The van der Waals surface area contributed by atoms with Crippen molar-refractivity contribution in [2.24, 2.45) is 0 Å². The Bertz CT molecular complexity index is 354. The van der Waals surface area contributed by atoms with E-state index in [-0.39, 0.29) is 6.10 Å². The van der Waals surface area contributed by atoms with Gasteiger partial charge < -0.3 is 9.26 Å². The number of hydrogen-bond acceptors (Lipinski definition) is 5. The summed E-state index contributed by atoms with van der Waals surface area (Å²) in [6.07, 6.45) is -0.144. The van der Waals surface area contributed by atoms with E-state index >= 15 is 0 Å². The fraction of sp³-hybridized carbons (Fsp3) is 0.600. The third-order valence-corrected chi connectivity index (χ3v) is 2.30. The van der Waals surface area contributed by atoms with Crippen LogP contribution in [0.1, 0.15) is 24.7 Å². The summed E-state index contributed by atoms with van der Waals surface area (Å²) in [5, 5.41) is 3.85. The smallest absolute Gasteiger partial charge is 0.240 e. The fourth-order valence-electron chi connectivity index (χ4n) is 1.18. The summed E-state index contributed by atoms with van der Waals surface area (Å²) < 4.78 is 11.1. The lowest BCUT2D eigenvalue weighted by Gasteiger charge is -2.12. The Morgan fingerprint density at radius 3 is 2.94 bits per heavy atom. The molecule has 0 saturated carbocycles. The average molecular weight is 290 g/mol. The molecule has 1 heterocycles. The van der Waals surface area contributed by atoms with Gasteiger partial charge in [0.2, 0.25) is 5.89 Å². The molecule has 0 unspecified atom stereocenters. The van der Waals surface area contributed by atoms with Gasteiger partial charge in [-0.2, -0.15) is 4.98 Å². The average Bonchev–Trinajstić information content (AvgIpc) is 2.63. The number of rotatable bonds is 6. The van der Waals surface area contributed by atoms with Gasteiger partial charge in [0.25, 0.3) is 0 Å². The van der Waals surface area contributed by atoms with Gasteiger partial charge in [-0.15, -0.1) is 0 Å². The van der Waals surface area contributed by atoms with E-state index in [1.54, 1.807) is 7.11 Å². The van der Waals surface area contributed by atoms with Crippen LogP contribution in [0, 0.1) is 0 Å². The Kier molecular flexibility index (Phi) is 5.11. The first-order valence-corrected chi connectivity index (χ1v) is 5.69. The molecule has 0 spiro atoms. The van der Waals surface area contributed by atoms with Crippen LogP contribution in [-0.4, -0.2) is 35.7 Å². The minimum atomic E-state index is -0.144. The van der Waals surface area contributed by atoms with Gasteiger partial charge in [-0.25, -0.2) is 0 Å². The maximum absolute atomic E-state index is 5.11. The molecular formula is C10H16BrN3O2. The predicted molar refractivity (Wildman–Crippen MR) is 64.1 cm³/mol. The Labute approximate surface area is 104 Å². The van der Waals surface area contributed by atoms with Crippen molar-refractivity contribution >= 4 is 15.9 Å². The number of nitrogens with zero attached hydrogens (tertiary/aromatic N) is 3.